The number of hydrogen-bond acceptors (Lipinski definition) is 14. The summed E-state index contributed by atoms with van der Waals surface area (Å²) < 4.78 is 18.5. The second-order valence-electron chi connectivity index (χ2n) is 31.8. The highest BCUT2D eigenvalue weighted by atomic mass is 16.3. The van der Waals surface area contributed by atoms with Gasteiger partial charge in [-0.05, 0) is 195 Å². The molecule has 16 nitrogen and oxygen atoms in total. The van der Waals surface area contributed by atoms with Crippen molar-refractivity contribution in [1.82, 2.24) is 39.0 Å². The van der Waals surface area contributed by atoms with Crippen LogP contribution >= 0.6 is 0 Å². The van der Waals surface area contributed by atoms with E-state index in [0.717, 1.165) is 149 Å². The minimum absolute atomic E-state index is 0.318. The topological polar surface area (TPSA) is 256 Å². The van der Waals surface area contributed by atoms with Gasteiger partial charge in [0.1, 0.15) is 22.3 Å². The zero-order valence-electron chi connectivity index (χ0n) is 68.7. The van der Waals surface area contributed by atoms with Crippen LogP contribution in [0, 0.1) is 68.0 Å². The van der Waals surface area contributed by atoms with Crippen molar-refractivity contribution in [2.75, 3.05) is 0 Å². The van der Waals surface area contributed by atoms with Crippen molar-refractivity contribution in [2.24, 2.45) is 0 Å². The molecule has 17 aromatic carbocycles. The molecule has 0 atom stereocenters. The van der Waals surface area contributed by atoms with E-state index < -0.39 is 0 Å². The molecule has 0 saturated carbocycles. The number of para-hydroxylation sites is 3. The van der Waals surface area contributed by atoms with E-state index >= 15 is 0 Å². The minimum atomic E-state index is 0.318. The van der Waals surface area contributed by atoms with E-state index in [1.165, 1.54) is 0 Å². The average molecular weight is 1660 g/mol. The molecule has 23 aromatic rings. The zero-order chi connectivity index (χ0) is 87.2. The molecule has 16 heteroatoms. The van der Waals surface area contributed by atoms with Gasteiger partial charge < -0.3 is 18.0 Å². The summed E-state index contributed by atoms with van der Waals surface area (Å²) in [5, 5.41) is 70.0. The first-order valence-electron chi connectivity index (χ1n) is 42.0. The summed E-state index contributed by atoms with van der Waals surface area (Å²) in [4.78, 5) is 32.4. The molecule has 0 bridgehead atoms. The molecule has 23 rings (SSSR count). The second-order valence-corrected chi connectivity index (χ2v) is 31.8. The van der Waals surface area contributed by atoms with Crippen molar-refractivity contribution in [3.63, 3.8) is 0 Å². The molecule has 0 saturated heterocycles. The van der Waals surface area contributed by atoms with Crippen molar-refractivity contribution in [3.05, 3.63) is 397 Å². The van der Waals surface area contributed by atoms with Crippen LogP contribution in [0.3, 0.4) is 0 Å². The molecular formula is C114H60N14O2. The molecule has 0 aliphatic rings. The molecule has 0 spiro atoms. The largest absolute Gasteiger partial charge is 0.456 e. The Morgan fingerprint density at radius 1 is 0.200 bits per heavy atom. The molecule has 0 amide bonds. The van der Waals surface area contributed by atoms with Crippen LogP contribution < -0.4 is 0 Å². The lowest BCUT2D eigenvalue weighted by Gasteiger charge is -2.18. The van der Waals surface area contributed by atoms with Crippen molar-refractivity contribution >= 4 is 87.5 Å². The Labute approximate surface area is 742 Å². The maximum absolute atomic E-state index is 10.8. The lowest BCUT2D eigenvalue weighted by atomic mass is 9.90. The first-order chi connectivity index (χ1) is 64.1. The van der Waals surface area contributed by atoms with Gasteiger partial charge in [-0.1, -0.05) is 231 Å². The van der Waals surface area contributed by atoms with Gasteiger partial charge in [0, 0.05) is 82.0 Å². The Bertz CT molecular complexity index is 8740. The van der Waals surface area contributed by atoms with Crippen LogP contribution in [-0.4, -0.2) is 39.0 Å². The van der Waals surface area contributed by atoms with Crippen molar-refractivity contribution < 1.29 is 8.83 Å². The molecule has 0 unspecified atom stereocenters. The molecule has 0 radical (unpaired) electrons. The lowest BCUT2D eigenvalue weighted by Crippen LogP contribution is -2.04. The van der Waals surface area contributed by atoms with E-state index in [0.29, 0.717) is 119 Å². The molecule has 0 N–H and O–H groups in total. The molecule has 0 aliphatic carbocycles. The maximum Gasteiger partial charge on any atom is 0.166 e. The summed E-state index contributed by atoms with van der Waals surface area (Å²) in [6.07, 6.45) is 0. The lowest BCUT2D eigenvalue weighted by molar-refractivity contribution is 0.669. The van der Waals surface area contributed by atoms with E-state index in [1.54, 1.807) is 30.3 Å². The highest BCUT2D eigenvalue weighted by Gasteiger charge is 2.30. The van der Waals surface area contributed by atoms with Crippen LogP contribution in [0.25, 0.3) is 234 Å². The molecule has 6 aromatic heterocycles. The fourth-order valence-electron chi connectivity index (χ4n) is 18.5. The third-order valence-corrected chi connectivity index (χ3v) is 24.4. The van der Waals surface area contributed by atoms with Crippen molar-refractivity contribution in [2.45, 2.75) is 0 Å². The first kappa shape index (κ1) is 75.8. The summed E-state index contributed by atoms with van der Waals surface area (Å²) in [6.45, 7) is 0. The van der Waals surface area contributed by atoms with Gasteiger partial charge >= 0.3 is 0 Å². The molecular weight excluding hydrogens is 1600 g/mol. The van der Waals surface area contributed by atoms with Crippen molar-refractivity contribution in [1.29, 1.82) is 31.6 Å². The van der Waals surface area contributed by atoms with Crippen LogP contribution in [-0.2, 0) is 0 Å². The SMILES string of the molecule is N#Cc1cc(C#N)cc(-c2cc(-c3ccc(-c4ccc(-n5c6ccc(-c7ccc(C#N)cc7C#N)cc6c6cc(-c7ccc(C#N)cc7C#N)ccc65)c(-c5nc(-c6ccccc6)nc(-c6ccccc6)n5)c4)c4c3oc3ccccc34)c3c4ccccc4n(-c4ccc(-c5cccc6oc7ccccc7c56)cc4-c4nc(-c5ccccc5)nc(-c5ccccc5)n4)c3c2)c1. The van der Waals surface area contributed by atoms with E-state index in [-0.39, 0.29) is 0 Å². The Morgan fingerprint density at radius 3 is 1.08 bits per heavy atom. The second kappa shape index (κ2) is 31.0. The predicted octanol–water partition coefficient (Wildman–Crippen LogP) is 27.3. The normalized spacial score (nSPS) is 11.3. The van der Waals surface area contributed by atoms with Gasteiger partial charge in [-0.2, -0.15) is 31.6 Å². The van der Waals surface area contributed by atoms with Crippen molar-refractivity contribution in [3.8, 4) is 183 Å². The fourth-order valence-corrected chi connectivity index (χ4v) is 18.5. The predicted molar refractivity (Wildman–Crippen MR) is 510 cm³/mol. The van der Waals surface area contributed by atoms with Gasteiger partial charge in [0.15, 0.2) is 34.9 Å². The summed E-state index contributed by atoms with van der Waals surface area (Å²) >= 11 is 0. The van der Waals surface area contributed by atoms with Gasteiger partial charge in [0.2, 0.25) is 0 Å². The molecule has 0 aliphatic heterocycles. The van der Waals surface area contributed by atoms with Crippen LogP contribution in [0.2, 0.25) is 0 Å². The Kier molecular flexibility index (Phi) is 18.1. The number of benzene rings is 17. The van der Waals surface area contributed by atoms with Gasteiger partial charge in [-0.15, -0.1) is 0 Å². The Hall–Kier alpha value is -19.1. The van der Waals surface area contributed by atoms with E-state index in [9.17, 15) is 31.6 Å². The van der Waals surface area contributed by atoms with E-state index in [2.05, 4.69) is 155 Å². The number of hydrogen-bond donors (Lipinski definition) is 0. The summed E-state index contributed by atoms with van der Waals surface area (Å²) in [7, 11) is 0. The van der Waals surface area contributed by atoms with Gasteiger partial charge in [-0.25, -0.2) is 29.9 Å². The van der Waals surface area contributed by atoms with Gasteiger partial charge in [-0.3, -0.25) is 0 Å². The smallest absolute Gasteiger partial charge is 0.166 e. The van der Waals surface area contributed by atoms with Gasteiger partial charge in [0.25, 0.3) is 0 Å². The standard InChI is InChI=1S/C114H60N14O2/c115-61-67-36-42-83(81(51-67)65-119)75-38-46-97-91(55-75)92-56-76(84-43-37-68(62-116)52-82(84)66-120)39-47-98(92)127(97)99-48-41-78(58-94(99)113-123-109(71-20-5-1-6-21-71)121-110(124-113)72-22-7-2-8-23-72)86-44-45-87(108-107(86)90-30-15-18-34-103(90)130-108)93-59-80(79-53-69(63-117)50-70(54-79)64-118)60-101-105(93)88-28-13-16-32-96(88)128(101)100-49-40-77(85-31-19-35-104-106(85)89-29-14-17-33-102(89)129-104)57-95(100)114-125-111(73-24-9-3-10-25-73)122-112(126-114)74-26-11-4-12-27-74/h1-60H. The third kappa shape index (κ3) is 12.8. The van der Waals surface area contributed by atoms with Gasteiger partial charge in [0.05, 0.1) is 103 Å². The summed E-state index contributed by atoms with van der Waals surface area (Å²) in [6, 6.07) is 133. The molecule has 0 fully saturated rings. The molecule has 6 heterocycles. The third-order valence-electron chi connectivity index (χ3n) is 24.4. The number of fused-ring (bicyclic) bond motifs is 12. The number of nitrogens with zero attached hydrogens (tertiary/aromatic N) is 14. The average Bonchev–Trinajstić information content (AvgIpc) is 1.53. The number of nitriles is 6. The number of rotatable bonds is 14. The Balaban J connectivity index is 0.791. The first-order valence-corrected chi connectivity index (χ1v) is 42.0. The van der Waals surface area contributed by atoms with Crippen LogP contribution in [0.1, 0.15) is 33.4 Å². The number of aromatic nitrogens is 8. The van der Waals surface area contributed by atoms with E-state index in [1.807, 2.05) is 224 Å². The van der Waals surface area contributed by atoms with E-state index in [4.69, 9.17) is 38.7 Å². The molecule has 598 valence electrons. The monoisotopic (exact) mass is 1660 g/mol. The zero-order valence-corrected chi connectivity index (χ0v) is 68.7. The minimum Gasteiger partial charge on any atom is -0.456 e. The van der Waals surface area contributed by atoms with Crippen LogP contribution in [0.4, 0.5) is 0 Å². The fraction of sp³-hybridized carbons (Fsp3) is 0. The highest BCUT2D eigenvalue weighted by Crippen LogP contribution is 2.51. The Morgan fingerprint density at radius 2 is 0.585 bits per heavy atom. The summed E-state index contributed by atoms with van der Waals surface area (Å²) in [5.74, 6) is 2.64. The highest BCUT2D eigenvalue weighted by molar-refractivity contribution is 6.23. The van der Waals surface area contributed by atoms with Crippen LogP contribution in [0.5, 0.6) is 0 Å². The summed E-state index contributed by atoms with van der Waals surface area (Å²) in [5.41, 5.74) is 23.0. The maximum atomic E-state index is 10.8. The van der Waals surface area contributed by atoms with Crippen LogP contribution in [0.15, 0.2) is 373 Å². The number of furan rings is 2. The molecule has 130 heavy (non-hydrogen) atoms. The quantitative estimate of drug-likeness (QED) is 0.0981.